The number of carbonyl (C=O) groups is 1. The van der Waals surface area contributed by atoms with E-state index in [1.54, 1.807) is 0 Å². The van der Waals surface area contributed by atoms with Crippen molar-refractivity contribution in [3.63, 3.8) is 0 Å². The molecule has 2 atom stereocenters. The minimum absolute atomic E-state index is 0.0828. The van der Waals surface area contributed by atoms with Crippen LogP contribution in [0.25, 0.3) is 0 Å². The number of ether oxygens (including phenoxy) is 1. The first kappa shape index (κ1) is 17.9. The Morgan fingerprint density at radius 1 is 1.26 bits per heavy atom. The highest BCUT2D eigenvalue weighted by Crippen LogP contribution is 2.15. The molecule has 23 heavy (non-hydrogen) atoms. The molecule has 1 aliphatic rings. The first-order valence-electron chi connectivity index (χ1n) is 8.28. The molecular formula is C18H29N3O2. The lowest BCUT2D eigenvalue weighted by atomic mass is 10.0. The number of morpholine rings is 1. The Morgan fingerprint density at radius 3 is 2.35 bits per heavy atom. The molecule has 1 fully saturated rings. The third-order valence-electron chi connectivity index (χ3n) is 4.08. The molecule has 1 aromatic rings. The first-order chi connectivity index (χ1) is 10.8. The molecule has 1 saturated heterocycles. The molecule has 0 saturated carbocycles. The van der Waals surface area contributed by atoms with E-state index >= 15 is 0 Å². The number of carbonyl (C=O) groups excluding carboxylic acids is 1. The molecule has 2 unspecified atom stereocenters. The zero-order valence-corrected chi connectivity index (χ0v) is 14.6. The molecule has 1 amide bonds. The zero-order valence-electron chi connectivity index (χ0n) is 14.6. The summed E-state index contributed by atoms with van der Waals surface area (Å²) in [5.41, 5.74) is 7.13. The lowest BCUT2D eigenvalue weighted by Crippen LogP contribution is -2.48. The van der Waals surface area contributed by atoms with Gasteiger partial charge in [-0.2, -0.15) is 0 Å². The SMILES string of the molecule is CC1CN(Cc2ccc(C(=O)NC(C)(C)CN)cc2)CC(C)O1. The lowest BCUT2D eigenvalue weighted by molar-refractivity contribution is -0.0704. The Kier molecular flexibility index (Phi) is 5.79. The van der Waals surface area contributed by atoms with Crippen molar-refractivity contribution in [1.29, 1.82) is 0 Å². The summed E-state index contributed by atoms with van der Waals surface area (Å²) in [4.78, 5) is 14.6. The van der Waals surface area contributed by atoms with Gasteiger partial charge in [-0.3, -0.25) is 9.69 Å². The maximum absolute atomic E-state index is 12.2. The number of nitrogens with one attached hydrogen (secondary N) is 1. The van der Waals surface area contributed by atoms with Crippen molar-refractivity contribution in [2.24, 2.45) is 5.73 Å². The van der Waals surface area contributed by atoms with E-state index < -0.39 is 5.54 Å². The van der Waals surface area contributed by atoms with Gasteiger partial charge in [0.2, 0.25) is 0 Å². The van der Waals surface area contributed by atoms with E-state index in [-0.39, 0.29) is 18.1 Å². The summed E-state index contributed by atoms with van der Waals surface area (Å²) in [6.45, 7) is 11.2. The number of nitrogens with zero attached hydrogens (tertiary/aromatic N) is 1. The van der Waals surface area contributed by atoms with Crippen LogP contribution in [0.2, 0.25) is 0 Å². The molecule has 128 valence electrons. The molecule has 0 aromatic heterocycles. The van der Waals surface area contributed by atoms with E-state index in [9.17, 15) is 4.79 Å². The van der Waals surface area contributed by atoms with Crippen LogP contribution in [0.1, 0.15) is 43.6 Å². The number of rotatable bonds is 5. The van der Waals surface area contributed by atoms with E-state index in [1.807, 2.05) is 38.1 Å². The number of hydrogen-bond acceptors (Lipinski definition) is 4. The van der Waals surface area contributed by atoms with Crippen molar-refractivity contribution >= 4 is 5.91 Å². The second-order valence-corrected chi connectivity index (χ2v) is 7.19. The molecule has 0 aliphatic carbocycles. The number of hydrogen-bond donors (Lipinski definition) is 2. The van der Waals surface area contributed by atoms with Crippen LogP contribution in [-0.4, -0.2) is 48.2 Å². The van der Waals surface area contributed by atoms with Gasteiger partial charge in [0.25, 0.3) is 5.91 Å². The Labute approximate surface area is 139 Å². The third-order valence-corrected chi connectivity index (χ3v) is 4.08. The second kappa shape index (κ2) is 7.43. The number of benzene rings is 1. The fourth-order valence-corrected chi connectivity index (χ4v) is 2.86. The molecule has 2 rings (SSSR count). The lowest BCUT2D eigenvalue weighted by Gasteiger charge is -2.35. The molecule has 0 spiro atoms. The summed E-state index contributed by atoms with van der Waals surface area (Å²) in [6.07, 6.45) is 0.532. The molecule has 5 heteroatoms. The van der Waals surface area contributed by atoms with Crippen LogP contribution in [0.15, 0.2) is 24.3 Å². The van der Waals surface area contributed by atoms with Crippen LogP contribution in [0.4, 0.5) is 0 Å². The molecule has 0 bridgehead atoms. The molecule has 1 heterocycles. The van der Waals surface area contributed by atoms with Crippen LogP contribution in [0, 0.1) is 0 Å². The van der Waals surface area contributed by atoms with E-state index in [0.29, 0.717) is 12.1 Å². The monoisotopic (exact) mass is 319 g/mol. The summed E-state index contributed by atoms with van der Waals surface area (Å²) in [5, 5.41) is 2.94. The average molecular weight is 319 g/mol. The normalized spacial score (nSPS) is 22.8. The Balaban J connectivity index is 1.95. The summed E-state index contributed by atoms with van der Waals surface area (Å²) in [6, 6.07) is 7.81. The standard InChI is InChI=1S/C18H29N3O2/c1-13-9-21(10-14(2)23-13)11-15-5-7-16(8-6-15)17(22)20-18(3,4)12-19/h5-8,13-14H,9-12,19H2,1-4H3,(H,20,22). The van der Waals surface area contributed by atoms with Crippen molar-refractivity contribution in [3.8, 4) is 0 Å². The van der Waals surface area contributed by atoms with Gasteiger partial charge in [-0.1, -0.05) is 12.1 Å². The Hall–Kier alpha value is -1.43. The van der Waals surface area contributed by atoms with E-state index in [4.69, 9.17) is 10.5 Å². The summed E-state index contributed by atoms with van der Waals surface area (Å²) < 4.78 is 5.76. The average Bonchev–Trinajstić information content (AvgIpc) is 2.46. The summed E-state index contributed by atoms with van der Waals surface area (Å²) in [7, 11) is 0. The van der Waals surface area contributed by atoms with Crippen molar-refractivity contribution in [1.82, 2.24) is 10.2 Å². The molecule has 0 radical (unpaired) electrons. The number of nitrogens with two attached hydrogens (primary N) is 1. The van der Waals surface area contributed by atoms with Crippen LogP contribution < -0.4 is 11.1 Å². The maximum Gasteiger partial charge on any atom is 0.251 e. The summed E-state index contributed by atoms with van der Waals surface area (Å²) >= 11 is 0. The van der Waals surface area contributed by atoms with Crippen molar-refractivity contribution in [2.75, 3.05) is 19.6 Å². The van der Waals surface area contributed by atoms with Crippen LogP contribution in [-0.2, 0) is 11.3 Å². The smallest absolute Gasteiger partial charge is 0.251 e. The van der Waals surface area contributed by atoms with Gasteiger partial charge >= 0.3 is 0 Å². The van der Waals surface area contributed by atoms with Crippen molar-refractivity contribution in [3.05, 3.63) is 35.4 Å². The molecule has 3 N–H and O–H groups in total. The van der Waals surface area contributed by atoms with Gasteiger partial charge < -0.3 is 15.8 Å². The van der Waals surface area contributed by atoms with Crippen molar-refractivity contribution in [2.45, 2.75) is 52.0 Å². The zero-order chi connectivity index (χ0) is 17.0. The molecule has 1 aromatic carbocycles. The largest absolute Gasteiger partial charge is 0.373 e. The predicted octanol–water partition coefficient (Wildman–Crippen LogP) is 1.76. The van der Waals surface area contributed by atoms with Gasteiger partial charge in [0, 0.05) is 37.3 Å². The summed E-state index contributed by atoms with van der Waals surface area (Å²) in [5.74, 6) is -0.0828. The predicted molar refractivity (Wildman–Crippen MR) is 92.3 cm³/mol. The molecular weight excluding hydrogens is 290 g/mol. The van der Waals surface area contributed by atoms with Crippen LogP contribution >= 0.6 is 0 Å². The second-order valence-electron chi connectivity index (χ2n) is 7.19. The quantitative estimate of drug-likeness (QED) is 0.868. The highest BCUT2D eigenvalue weighted by atomic mass is 16.5. The Morgan fingerprint density at radius 2 is 1.83 bits per heavy atom. The first-order valence-corrected chi connectivity index (χ1v) is 8.28. The minimum Gasteiger partial charge on any atom is -0.373 e. The van der Waals surface area contributed by atoms with Gasteiger partial charge in [-0.05, 0) is 45.4 Å². The highest BCUT2D eigenvalue weighted by Gasteiger charge is 2.22. The van der Waals surface area contributed by atoms with Crippen LogP contribution in [0.3, 0.4) is 0 Å². The van der Waals surface area contributed by atoms with E-state index in [1.165, 1.54) is 5.56 Å². The van der Waals surface area contributed by atoms with Gasteiger partial charge in [-0.15, -0.1) is 0 Å². The molecule has 5 nitrogen and oxygen atoms in total. The van der Waals surface area contributed by atoms with Crippen LogP contribution in [0.5, 0.6) is 0 Å². The Bertz CT molecular complexity index is 518. The van der Waals surface area contributed by atoms with Gasteiger partial charge in [0.15, 0.2) is 0 Å². The molecule has 1 aliphatic heterocycles. The van der Waals surface area contributed by atoms with Gasteiger partial charge in [-0.25, -0.2) is 0 Å². The van der Waals surface area contributed by atoms with Crippen molar-refractivity contribution < 1.29 is 9.53 Å². The fourth-order valence-electron chi connectivity index (χ4n) is 2.86. The van der Waals surface area contributed by atoms with E-state index in [2.05, 4.69) is 24.1 Å². The van der Waals surface area contributed by atoms with Gasteiger partial charge in [0.05, 0.1) is 12.2 Å². The number of amides is 1. The van der Waals surface area contributed by atoms with E-state index in [0.717, 1.165) is 19.6 Å². The van der Waals surface area contributed by atoms with Gasteiger partial charge in [0.1, 0.15) is 0 Å². The fraction of sp³-hybridized carbons (Fsp3) is 0.611. The third kappa shape index (κ3) is 5.30. The topological polar surface area (TPSA) is 67.6 Å². The minimum atomic E-state index is -0.393. The highest BCUT2D eigenvalue weighted by molar-refractivity contribution is 5.94. The maximum atomic E-state index is 12.2.